The lowest BCUT2D eigenvalue weighted by molar-refractivity contribution is -0.141. The van der Waals surface area contributed by atoms with Gasteiger partial charge in [0, 0.05) is 10.4 Å². The van der Waals surface area contributed by atoms with Crippen molar-refractivity contribution in [2.75, 3.05) is 0 Å². The Hall–Kier alpha value is -1.36. The highest BCUT2D eigenvalue weighted by Gasteiger charge is 2.42. The molecule has 0 radical (unpaired) electrons. The van der Waals surface area contributed by atoms with Gasteiger partial charge in [-0.25, -0.2) is 0 Å². The minimum atomic E-state index is -0.776. The summed E-state index contributed by atoms with van der Waals surface area (Å²) in [4.78, 5) is 23.6. The molecule has 1 aromatic carbocycles. The maximum atomic E-state index is 12.5. The predicted molar refractivity (Wildman–Crippen MR) is 86.3 cm³/mol. The lowest BCUT2D eigenvalue weighted by Gasteiger charge is -2.43. The van der Waals surface area contributed by atoms with Gasteiger partial charge in [0.15, 0.2) is 0 Å². The molecule has 1 amide bonds. The molecule has 5 heteroatoms. The molecule has 0 saturated heterocycles. The van der Waals surface area contributed by atoms with Crippen molar-refractivity contribution >= 4 is 27.8 Å². The number of halogens is 1. The maximum Gasteiger partial charge on any atom is 0.306 e. The van der Waals surface area contributed by atoms with Crippen LogP contribution in [0, 0.1) is 11.8 Å². The smallest absolute Gasteiger partial charge is 0.306 e. The third-order valence-corrected chi connectivity index (χ3v) is 5.65. The topological polar surface area (TPSA) is 66.4 Å². The van der Waals surface area contributed by atoms with Gasteiger partial charge in [0.25, 0.3) is 0 Å². The number of carbonyl (C=O) groups excluding carboxylic acids is 1. The number of benzene rings is 1. The van der Waals surface area contributed by atoms with Crippen LogP contribution in [0.5, 0.6) is 0 Å². The number of hydrogen-bond donors (Lipinski definition) is 2. The van der Waals surface area contributed by atoms with Crippen LogP contribution < -0.4 is 5.32 Å². The van der Waals surface area contributed by atoms with Crippen molar-refractivity contribution in [3.05, 3.63) is 34.3 Å². The molecule has 2 aliphatic carbocycles. The Balaban J connectivity index is 1.69. The van der Waals surface area contributed by atoms with Crippen molar-refractivity contribution < 1.29 is 14.7 Å². The minimum Gasteiger partial charge on any atom is -0.481 e. The second-order valence-corrected chi connectivity index (χ2v) is 7.39. The number of amides is 1. The number of rotatable bonds is 4. The van der Waals surface area contributed by atoms with Crippen LogP contribution in [0.4, 0.5) is 0 Å². The van der Waals surface area contributed by atoms with Crippen molar-refractivity contribution in [3.8, 4) is 0 Å². The lowest BCUT2D eigenvalue weighted by Crippen LogP contribution is -2.52. The van der Waals surface area contributed by atoms with E-state index in [1.165, 1.54) is 0 Å². The summed E-state index contributed by atoms with van der Waals surface area (Å²) >= 11 is 3.43. The largest absolute Gasteiger partial charge is 0.481 e. The second-order valence-electron chi connectivity index (χ2n) is 6.48. The van der Waals surface area contributed by atoms with Crippen molar-refractivity contribution in [1.29, 1.82) is 0 Å². The van der Waals surface area contributed by atoms with Crippen LogP contribution >= 0.6 is 15.9 Å². The maximum absolute atomic E-state index is 12.5. The predicted octanol–water partition coefficient (Wildman–Crippen LogP) is 3.45. The summed E-state index contributed by atoms with van der Waals surface area (Å²) in [6.07, 6.45) is 4.78. The first-order valence-corrected chi connectivity index (χ1v) is 8.60. The first kappa shape index (κ1) is 15.5. The molecule has 0 bridgehead atoms. The third-order valence-electron chi connectivity index (χ3n) is 5.12. The minimum absolute atomic E-state index is 0.0198. The molecule has 2 fully saturated rings. The van der Waals surface area contributed by atoms with Gasteiger partial charge in [0.2, 0.25) is 5.91 Å². The van der Waals surface area contributed by atoms with Gasteiger partial charge in [-0.15, -0.1) is 0 Å². The Labute approximate surface area is 138 Å². The zero-order chi connectivity index (χ0) is 15.7. The molecule has 2 atom stereocenters. The Kier molecular flexibility index (Phi) is 4.26. The van der Waals surface area contributed by atoms with Crippen LogP contribution in [0.25, 0.3) is 0 Å². The van der Waals surface area contributed by atoms with Crippen LogP contribution in [-0.4, -0.2) is 17.0 Å². The van der Waals surface area contributed by atoms with Gasteiger partial charge in [-0.05, 0) is 56.2 Å². The summed E-state index contributed by atoms with van der Waals surface area (Å²) in [6.45, 7) is 0. The number of hydrogen-bond acceptors (Lipinski definition) is 2. The fourth-order valence-corrected chi connectivity index (χ4v) is 3.83. The summed E-state index contributed by atoms with van der Waals surface area (Å²) in [7, 11) is 0. The monoisotopic (exact) mass is 365 g/mol. The van der Waals surface area contributed by atoms with Gasteiger partial charge in [-0.3, -0.25) is 9.59 Å². The first-order chi connectivity index (χ1) is 10.5. The van der Waals surface area contributed by atoms with Crippen molar-refractivity contribution in [2.45, 2.75) is 44.1 Å². The van der Waals surface area contributed by atoms with Crippen molar-refractivity contribution in [3.63, 3.8) is 0 Å². The fourth-order valence-electron chi connectivity index (χ4n) is 3.57. The normalized spacial score (nSPS) is 26.2. The molecule has 0 aromatic heterocycles. The van der Waals surface area contributed by atoms with Gasteiger partial charge in [0.05, 0.1) is 11.5 Å². The number of aliphatic carboxylic acids is 1. The van der Waals surface area contributed by atoms with Crippen molar-refractivity contribution in [2.24, 2.45) is 11.8 Å². The number of nitrogens with one attached hydrogen (secondary N) is 1. The SMILES string of the molecule is O=C(O)[C@@H]1CC[C@H](C(=O)NC2(c3ccc(Br)cc3)CCC2)C1. The van der Waals surface area contributed by atoms with Crippen LogP contribution in [0.1, 0.15) is 44.1 Å². The summed E-state index contributed by atoms with van der Waals surface area (Å²) in [5.74, 6) is -1.28. The van der Waals surface area contributed by atoms with E-state index in [1.54, 1.807) is 0 Å². The van der Waals surface area contributed by atoms with Gasteiger partial charge < -0.3 is 10.4 Å². The van der Waals surface area contributed by atoms with E-state index in [4.69, 9.17) is 5.11 Å². The molecule has 0 heterocycles. The molecular formula is C17H20BrNO3. The average Bonchev–Trinajstić information content (AvgIpc) is 2.94. The Morgan fingerprint density at radius 2 is 1.77 bits per heavy atom. The summed E-state index contributed by atoms with van der Waals surface area (Å²) in [5.41, 5.74) is 0.891. The molecule has 3 rings (SSSR count). The highest BCUT2D eigenvalue weighted by Crippen LogP contribution is 2.42. The molecule has 1 aromatic rings. The van der Waals surface area contributed by atoms with Gasteiger partial charge in [-0.2, -0.15) is 0 Å². The highest BCUT2D eigenvalue weighted by atomic mass is 79.9. The molecule has 0 spiro atoms. The van der Waals surface area contributed by atoms with E-state index >= 15 is 0 Å². The van der Waals surface area contributed by atoms with E-state index in [0.29, 0.717) is 19.3 Å². The van der Waals surface area contributed by atoms with Gasteiger partial charge in [0.1, 0.15) is 0 Å². The van der Waals surface area contributed by atoms with Gasteiger partial charge >= 0.3 is 5.97 Å². The van der Waals surface area contributed by atoms with Crippen LogP contribution in [0.2, 0.25) is 0 Å². The van der Waals surface area contributed by atoms with Crippen LogP contribution in [-0.2, 0) is 15.1 Å². The third kappa shape index (κ3) is 2.91. The Morgan fingerprint density at radius 3 is 2.27 bits per heavy atom. The van der Waals surface area contributed by atoms with Crippen LogP contribution in [0.3, 0.4) is 0 Å². The molecule has 118 valence electrons. The highest BCUT2D eigenvalue weighted by molar-refractivity contribution is 9.10. The molecule has 2 saturated carbocycles. The Bertz CT molecular complexity index is 580. The molecule has 0 aliphatic heterocycles. The van der Waals surface area contributed by atoms with Gasteiger partial charge in [-0.1, -0.05) is 28.1 Å². The quantitative estimate of drug-likeness (QED) is 0.858. The number of carboxylic acids is 1. The molecule has 4 nitrogen and oxygen atoms in total. The lowest BCUT2D eigenvalue weighted by atomic mass is 9.71. The van der Waals surface area contributed by atoms with Crippen molar-refractivity contribution in [1.82, 2.24) is 5.32 Å². The molecule has 22 heavy (non-hydrogen) atoms. The summed E-state index contributed by atoms with van der Waals surface area (Å²) in [5, 5.41) is 12.3. The van der Waals surface area contributed by atoms with E-state index in [-0.39, 0.29) is 23.3 Å². The molecule has 2 aliphatic rings. The van der Waals surface area contributed by atoms with E-state index in [9.17, 15) is 9.59 Å². The zero-order valence-corrected chi connectivity index (χ0v) is 13.9. The fraction of sp³-hybridized carbons (Fsp3) is 0.529. The average molecular weight is 366 g/mol. The number of carbonyl (C=O) groups is 2. The van der Waals surface area contributed by atoms with E-state index < -0.39 is 5.97 Å². The summed E-state index contributed by atoms with van der Waals surface area (Å²) < 4.78 is 1.03. The first-order valence-electron chi connectivity index (χ1n) is 7.81. The Morgan fingerprint density at radius 1 is 1.14 bits per heavy atom. The van der Waals surface area contributed by atoms with E-state index in [2.05, 4.69) is 33.4 Å². The standard InChI is InChI=1S/C17H20BrNO3/c18-14-6-4-13(5-7-14)17(8-1-9-17)19-15(20)11-2-3-12(10-11)16(21)22/h4-7,11-12H,1-3,8-10H2,(H,19,20)(H,21,22)/t11-,12+/m0/s1. The molecule has 0 unspecified atom stereocenters. The van der Waals surface area contributed by atoms with E-state index in [0.717, 1.165) is 29.3 Å². The zero-order valence-electron chi connectivity index (χ0n) is 12.3. The molecular weight excluding hydrogens is 346 g/mol. The number of carboxylic acid groups (broad SMARTS) is 1. The summed E-state index contributed by atoms with van der Waals surface area (Å²) in [6, 6.07) is 8.10. The second kappa shape index (κ2) is 6.03. The van der Waals surface area contributed by atoms with E-state index in [1.807, 2.05) is 12.1 Å². The molecule has 2 N–H and O–H groups in total. The van der Waals surface area contributed by atoms with Crippen LogP contribution in [0.15, 0.2) is 28.7 Å².